The molecule has 0 aromatic heterocycles. The number of rotatable bonds is 4. The number of amides is 1. The molecule has 0 bridgehead atoms. The summed E-state index contributed by atoms with van der Waals surface area (Å²) in [7, 11) is 1.61. The van der Waals surface area contributed by atoms with E-state index in [0.717, 1.165) is 22.7 Å². The van der Waals surface area contributed by atoms with Gasteiger partial charge in [0, 0.05) is 6.07 Å². The van der Waals surface area contributed by atoms with Crippen LogP contribution < -0.4 is 15.0 Å². The highest BCUT2D eigenvalue weighted by molar-refractivity contribution is 6.05. The molecule has 0 radical (unpaired) electrons. The Bertz CT molecular complexity index is 733. The van der Waals surface area contributed by atoms with Crippen LogP contribution >= 0.6 is 0 Å². The molecule has 0 aliphatic carbocycles. The number of fused-ring (bicyclic) bond motifs is 1. The number of benzene rings is 2. The Morgan fingerprint density at radius 2 is 2.09 bits per heavy atom. The molecule has 23 heavy (non-hydrogen) atoms. The Labute approximate surface area is 134 Å². The Balaban J connectivity index is 1.99. The maximum absolute atomic E-state index is 13.4. The first-order valence-electron chi connectivity index (χ1n) is 7.62. The normalized spacial score (nSPS) is 16.7. The van der Waals surface area contributed by atoms with Gasteiger partial charge in [-0.2, -0.15) is 0 Å². The van der Waals surface area contributed by atoms with E-state index in [-0.39, 0.29) is 17.8 Å². The number of nitrogens with zero attached hydrogens (tertiary/aromatic N) is 1. The van der Waals surface area contributed by atoms with E-state index in [2.05, 4.69) is 5.32 Å². The van der Waals surface area contributed by atoms with Gasteiger partial charge in [0.15, 0.2) is 0 Å². The van der Waals surface area contributed by atoms with Gasteiger partial charge in [-0.25, -0.2) is 4.39 Å². The minimum absolute atomic E-state index is 0.00516. The molecule has 1 atom stereocenters. The molecule has 4 nitrogen and oxygen atoms in total. The molecule has 2 aromatic carbocycles. The molecule has 0 spiro atoms. The van der Waals surface area contributed by atoms with E-state index in [1.54, 1.807) is 18.1 Å². The highest BCUT2D eigenvalue weighted by Crippen LogP contribution is 2.36. The van der Waals surface area contributed by atoms with Crippen LogP contribution in [-0.2, 0) is 11.3 Å². The van der Waals surface area contributed by atoms with Crippen LogP contribution in [0.3, 0.4) is 0 Å². The van der Waals surface area contributed by atoms with Gasteiger partial charge in [0.25, 0.3) is 0 Å². The Morgan fingerprint density at radius 3 is 2.78 bits per heavy atom. The molecule has 1 aliphatic rings. The second-order valence-corrected chi connectivity index (χ2v) is 5.54. The van der Waals surface area contributed by atoms with E-state index in [0.29, 0.717) is 13.0 Å². The minimum atomic E-state index is -0.299. The molecule has 1 N–H and O–H groups in total. The van der Waals surface area contributed by atoms with Crippen molar-refractivity contribution >= 4 is 17.3 Å². The van der Waals surface area contributed by atoms with Crippen LogP contribution in [0.5, 0.6) is 5.75 Å². The molecule has 5 heteroatoms. The van der Waals surface area contributed by atoms with Gasteiger partial charge in [-0.15, -0.1) is 0 Å². The lowest BCUT2D eigenvalue weighted by Crippen LogP contribution is -2.46. The van der Waals surface area contributed by atoms with Crippen LogP contribution in [0.25, 0.3) is 0 Å². The Hall–Kier alpha value is -2.56. The Kier molecular flexibility index (Phi) is 4.19. The fraction of sp³-hybridized carbons (Fsp3) is 0.278. The third-order valence-electron chi connectivity index (χ3n) is 4.03. The van der Waals surface area contributed by atoms with Crippen LogP contribution in [0.15, 0.2) is 42.5 Å². The zero-order chi connectivity index (χ0) is 16.4. The van der Waals surface area contributed by atoms with Gasteiger partial charge in [0.1, 0.15) is 17.6 Å². The monoisotopic (exact) mass is 314 g/mol. The number of nitrogens with one attached hydrogen (secondary N) is 1. The summed E-state index contributed by atoms with van der Waals surface area (Å²) in [6.45, 7) is 2.30. The van der Waals surface area contributed by atoms with Crippen LogP contribution in [0, 0.1) is 5.82 Å². The van der Waals surface area contributed by atoms with Crippen molar-refractivity contribution < 1.29 is 13.9 Å². The first-order valence-corrected chi connectivity index (χ1v) is 7.62. The lowest BCUT2D eigenvalue weighted by atomic mass is 10.1. The van der Waals surface area contributed by atoms with Crippen LogP contribution in [0.4, 0.5) is 15.8 Å². The fourth-order valence-electron chi connectivity index (χ4n) is 2.81. The molecule has 0 saturated heterocycles. The van der Waals surface area contributed by atoms with Crippen molar-refractivity contribution in [1.82, 2.24) is 0 Å². The fourth-order valence-corrected chi connectivity index (χ4v) is 2.81. The molecule has 3 rings (SSSR count). The number of carbonyl (C=O) groups is 1. The summed E-state index contributed by atoms with van der Waals surface area (Å²) >= 11 is 0. The predicted molar refractivity (Wildman–Crippen MR) is 88.3 cm³/mol. The van der Waals surface area contributed by atoms with Gasteiger partial charge in [0.05, 0.1) is 25.0 Å². The van der Waals surface area contributed by atoms with E-state index >= 15 is 0 Å². The molecule has 1 unspecified atom stereocenters. The highest BCUT2D eigenvalue weighted by Gasteiger charge is 2.31. The molecular formula is C18H19FN2O2. The van der Waals surface area contributed by atoms with Crippen LogP contribution in [0.1, 0.15) is 18.9 Å². The van der Waals surface area contributed by atoms with Gasteiger partial charge in [-0.3, -0.25) is 4.79 Å². The first kappa shape index (κ1) is 15.3. The molecule has 0 saturated carbocycles. The summed E-state index contributed by atoms with van der Waals surface area (Å²) in [5, 5.41) is 3.25. The second kappa shape index (κ2) is 6.28. The topological polar surface area (TPSA) is 41.6 Å². The van der Waals surface area contributed by atoms with E-state index in [4.69, 9.17) is 4.74 Å². The quantitative estimate of drug-likeness (QED) is 0.938. The van der Waals surface area contributed by atoms with E-state index in [1.165, 1.54) is 12.1 Å². The van der Waals surface area contributed by atoms with Crippen molar-refractivity contribution in [3.05, 3.63) is 53.8 Å². The van der Waals surface area contributed by atoms with E-state index in [1.807, 2.05) is 31.2 Å². The number of ether oxygens (including phenoxy) is 1. The molecule has 120 valence electrons. The minimum Gasteiger partial charge on any atom is -0.497 e. The van der Waals surface area contributed by atoms with Crippen LogP contribution in [0.2, 0.25) is 0 Å². The summed E-state index contributed by atoms with van der Waals surface area (Å²) in [6, 6.07) is 11.6. The molecule has 1 aliphatic heterocycles. The second-order valence-electron chi connectivity index (χ2n) is 5.54. The van der Waals surface area contributed by atoms with Crippen molar-refractivity contribution in [2.75, 3.05) is 17.3 Å². The average molecular weight is 314 g/mol. The van der Waals surface area contributed by atoms with Crippen molar-refractivity contribution in [2.24, 2.45) is 0 Å². The zero-order valence-electron chi connectivity index (χ0n) is 13.2. The summed E-state index contributed by atoms with van der Waals surface area (Å²) in [5.41, 5.74) is 2.40. The SMILES string of the molecule is CCC1Nc2cc(OC)ccc2N(Cc2cccc(F)c2)C1=O. The average Bonchev–Trinajstić information content (AvgIpc) is 2.56. The van der Waals surface area contributed by atoms with Crippen molar-refractivity contribution in [3.8, 4) is 5.75 Å². The maximum Gasteiger partial charge on any atom is 0.249 e. The standard InChI is InChI=1S/C18H19FN2O2/c1-3-15-18(22)21(11-12-5-4-6-13(19)9-12)17-8-7-14(23-2)10-16(17)20-15/h4-10,15,20H,3,11H2,1-2H3. The number of hydrogen-bond acceptors (Lipinski definition) is 3. The molecular weight excluding hydrogens is 295 g/mol. The van der Waals surface area contributed by atoms with Crippen molar-refractivity contribution in [2.45, 2.75) is 25.9 Å². The smallest absolute Gasteiger partial charge is 0.249 e. The highest BCUT2D eigenvalue weighted by atomic mass is 19.1. The van der Waals surface area contributed by atoms with E-state index < -0.39 is 0 Å². The van der Waals surface area contributed by atoms with E-state index in [9.17, 15) is 9.18 Å². The van der Waals surface area contributed by atoms with Crippen molar-refractivity contribution in [3.63, 3.8) is 0 Å². The number of hydrogen-bond donors (Lipinski definition) is 1. The maximum atomic E-state index is 13.4. The van der Waals surface area contributed by atoms with Gasteiger partial charge in [-0.05, 0) is 36.2 Å². The lowest BCUT2D eigenvalue weighted by molar-refractivity contribution is -0.119. The summed E-state index contributed by atoms with van der Waals surface area (Å²) < 4.78 is 18.7. The number of methoxy groups -OCH3 is 1. The Morgan fingerprint density at radius 1 is 1.26 bits per heavy atom. The number of anilines is 2. The van der Waals surface area contributed by atoms with Gasteiger partial charge >= 0.3 is 0 Å². The van der Waals surface area contributed by atoms with Gasteiger partial charge in [-0.1, -0.05) is 19.1 Å². The summed E-state index contributed by atoms with van der Waals surface area (Å²) in [6.07, 6.45) is 0.676. The zero-order valence-corrected chi connectivity index (χ0v) is 13.2. The molecule has 0 fully saturated rings. The van der Waals surface area contributed by atoms with Gasteiger partial charge in [0.2, 0.25) is 5.91 Å². The summed E-state index contributed by atoms with van der Waals surface area (Å²) in [5.74, 6) is 0.424. The predicted octanol–water partition coefficient (Wildman–Crippen LogP) is 3.57. The first-order chi connectivity index (χ1) is 11.1. The molecule has 2 aromatic rings. The number of carbonyl (C=O) groups excluding carboxylic acids is 1. The summed E-state index contributed by atoms with van der Waals surface area (Å²) in [4.78, 5) is 14.4. The molecule has 1 heterocycles. The van der Waals surface area contributed by atoms with Crippen LogP contribution in [-0.4, -0.2) is 19.1 Å². The van der Waals surface area contributed by atoms with Crippen molar-refractivity contribution in [1.29, 1.82) is 0 Å². The lowest BCUT2D eigenvalue weighted by Gasteiger charge is -2.35. The number of halogens is 1. The van der Waals surface area contributed by atoms with Gasteiger partial charge < -0.3 is 15.0 Å². The molecule has 1 amide bonds. The third kappa shape index (κ3) is 2.99. The largest absolute Gasteiger partial charge is 0.497 e. The third-order valence-corrected chi connectivity index (χ3v) is 4.03.